The van der Waals surface area contributed by atoms with Gasteiger partial charge in [0.05, 0.1) is 13.2 Å². The van der Waals surface area contributed by atoms with E-state index in [0.717, 1.165) is 43.2 Å². The van der Waals surface area contributed by atoms with Crippen molar-refractivity contribution in [1.82, 2.24) is 0 Å². The third-order valence-electron chi connectivity index (χ3n) is 4.18. The predicted molar refractivity (Wildman–Crippen MR) is 99.4 cm³/mol. The monoisotopic (exact) mass is 340 g/mol. The van der Waals surface area contributed by atoms with Crippen LogP contribution in [-0.4, -0.2) is 38.3 Å². The van der Waals surface area contributed by atoms with Crippen molar-refractivity contribution in [2.24, 2.45) is 0 Å². The van der Waals surface area contributed by atoms with Crippen LogP contribution >= 0.6 is 0 Å². The summed E-state index contributed by atoms with van der Waals surface area (Å²) < 4.78 is 11.1. The van der Waals surface area contributed by atoms with Gasteiger partial charge in [-0.3, -0.25) is 4.79 Å². The van der Waals surface area contributed by atoms with Crippen molar-refractivity contribution in [2.45, 2.75) is 20.0 Å². The maximum atomic E-state index is 12.3. The van der Waals surface area contributed by atoms with E-state index in [1.165, 1.54) is 0 Å². The first-order valence-corrected chi connectivity index (χ1v) is 8.59. The molecular weight excluding hydrogens is 316 g/mol. The lowest BCUT2D eigenvalue weighted by atomic mass is 10.2. The Morgan fingerprint density at radius 1 is 1.16 bits per heavy atom. The number of rotatable bonds is 5. The summed E-state index contributed by atoms with van der Waals surface area (Å²) in [5.74, 6) is 0.533. The van der Waals surface area contributed by atoms with Gasteiger partial charge in [0.1, 0.15) is 5.75 Å². The van der Waals surface area contributed by atoms with E-state index in [4.69, 9.17) is 9.47 Å². The summed E-state index contributed by atoms with van der Waals surface area (Å²) in [6.07, 6.45) is -0.569. The number of carbonyl (C=O) groups excluding carboxylic acids is 1. The second-order valence-electron chi connectivity index (χ2n) is 6.21. The highest BCUT2D eigenvalue weighted by atomic mass is 16.5. The van der Waals surface area contributed by atoms with E-state index in [1.54, 1.807) is 6.92 Å². The largest absolute Gasteiger partial charge is 0.481 e. The molecule has 132 valence electrons. The summed E-state index contributed by atoms with van der Waals surface area (Å²) in [6, 6.07) is 15.6. The van der Waals surface area contributed by atoms with E-state index in [-0.39, 0.29) is 5.91 Å². The van der Waals surface area contributed by atoms with Crippen LogP contribution < -0.4 is 15.0 Å². The van der Waals surface area contributed by atoms with Gasteiger partial charge in [0.2, 0.25) is 0 Å². The summed E-state index contributed by atoms with van der Waals surface area (Å²) in [5.41, 5.74) is 3.01. The van der Waals surface area contributed by atoms with Gasteiger partial charge in [-0.2, -0.15) is 0 Å². The second-order valence-corrected chi connectivity index (χ2v) is 6.21. The van der Waals surface area contributed by atoms with Crippen LogP contribution in [0.1, 0.15) is 12.5 Å². The molecule has 0 bridgehead atoms. The molecule has 1 saturated heterocycles. The van der Waals surface area contributed by atoms with E-state index in [1.807, 2.05) is 55.5 Å². The molecule has 1 aliphatic rings. The number of nitrogens with one attached hydrogen (secondary N) is 1. The van der Waals surface area contributed by atoms with E-state index >= 15 is 0 Å². The third kappa shape index (κ3) is 4.73. The number of carbonyl (C=O) groups is 1. The van der Waals surface area contributed by atoms with Crippen molar-refractivity contribution in [2.75, 3.05) is 36.5 Å². The van der Waals surface area contributed by atoms with E-state index in [2.05, 4.69) is 10.2 Å². The number of ether oxygens (including phenoxy) is 2. The topological polar surface area (TPSA) is 50.8 Å². The lowest BCUT2D eigenvalue weighted by molar-refractivity contribution is -0.122. The number of anilines is 2. The molecule has 0 unspecified atom stereocenters. The Balaban J connectivity index is 1.56. The average molecular weight is 340 g/mol. The second kappa shape index (κ2) is 8.03. The maximum absolute atomic E-state index is 12.3. The highest BCUT2D eigenvalue weighted by molar-refractivity contribution is 5.94. The standard InChI is InChI=1S/C20H24N2O3/c1-15-4-3-5-19(14-15)25-16(2)20(23)21-17-6-8-18(9-7-17)22-10-12-24-13-11-22/h3-9,14,16H,10-13H2,1-2H3,(H,21,23)/t16-/m0/s1. The van der Waals surface area contributed by atoms with Crippen LogP contribution in [0.5, 0.6) is 5.75 Å². The SMILES string of the molecule is Cc1cccc(O[C@@H](C)C(=O)Nc2ccc(N3CCOCC3)cc2)c1. The van der Waals surface area contributed by atoms with Crippen molar-refractivity contribution in [3.05, 3.63) is 54.1 Å². The summed E-state index contributed by atoms with van der Waals surface area (Å²) in [7, 11) is 0. The van der Waals surface area contributed by atoms with Gasteiger partial charge < -0.3 is 19.7 Å². The van der Waals surface area contributed by atoms with Crippen molar-refractivity contribution >= 4 is 17.3 Å². The number of amides is 1. The highest BCUT2D eigenvalue weighted by Gasteiger charge is 2.16. The van der Waals surface area contributed by atoms with Crippen molar-refractivity contribution in [3.63, 3.8) is 0 Å². The summed E-state index contributed by atoms with van der Waals surface area (Å²) >= 11 is 0. The van der Waals surface area contributed by atoms with Crippen LogP contribution in [0.4, 0.5) is 11.4 Å². The zero-order valence-corrected chi connectivity index (χ0v) is 14.7. The Morgan fingerprint density at radius 2 is 1.88 bits per heavy atom. The average Bonchev–Trinajstić information content (AvgIpc) is 2.63. The van der Waals surface area contributed by atoms with Crippen LogP contribution in [0.2, 0.25) is 0 Å². The highest BCUT2D eigenvalue weighted by Crippen LogP contribution is 2.20. The number of benzene rings is 2. The first-order chi connectivity index (χ1) is 12.1. The molecule has 0 aliphatic carbocycles. The van der Waals surface area contributed by atoms with Crippen molar-refractivity contribution in [1.29, 1.82) is 0 Å². The van der Waals surface area contributed by atoms with E-state index in [0.29, 0.717) is 5.75 Å². The molecule has 0 spiro atoms. The summed E-state index contributed by atoms with van der Waals surface area (Å²) in [5, 5.41) is 2.90. The molecule has 0 aromatic heterocycles. The number of hydrogen-bond acceptors (Lipinski definition) is 4. The van der Waals surface area contributed by atoms with E-state index in [9.17, 15) is 4.79 Å². The first-order valence-electron chi connectivity index (χ1n) is 8.59. The molecule has 2 aromatic carbocycles. The molecule has 1 atom stereocenters. The van der Waals surface area contributed by atoms with Gasteiger partial charge >= 0.3 is 0 Å². The van der Waals surface area contributed by atoms with Crippen molar-refractivity contribution in [3.8, 4) is 5.75 Å². The Kier molecular flexibility index (Phi) is 5.56. The molecule has 1 heterocycles. The molecule has 0 saturated carbocycles. The van der Waals surface area contributed by atoms with Gasteiger partial charge in [0.25, 0.3) is 5.91 Å². The molecule has 1 amide bonds. The molecule has 5 nitrogen and oxygen atoms in total. The molecule has 5 heteroatoms. The number of aryl methyl sites for hydroxylation is 1. The van der Waals surface area contributed by atoms with Crippen LogP contribution in [0.3, 0.4) is 0 Å². The minimum absolute atomic E-state index is 0.166. The molecular formula is C20H24N2O3. The van der Waals surface area contributed by atoms with Crippen LogP contribution in [0, 0.1) is 6.92 Å². The van der Waals surface area contributed by atoms with Gasteiger partial charge in [0.15, 0.2) is 6.10 Å². The number of hydrogen-bond donors (Lipinski definition) is 1. The fourth-order valence-corrected chi connectivity index (χ4v) is 2.77. The number of morpholine rings is 1. The minimum atomic E-state index is -0.569. The predicted octanol–water partition coefficient (Wildman–Crippen LogP) is 3.24. The van der Waals surface area contributed by atoms with Crippen LogP contribution in [-0.2, 0) is 9.53 Å². The molecule has 1 aliphatic heterocycles. The molecule has 2 aromatic rings. The van der Waals surface area contributed by atoms with Gasteiger partial charge in [0, 0.05) is 24.5 Å². The Morgan fingerprint density at radius 3 is 2.56 bits per heavy atom. The zero-order valence-electron chi connectivity index (χ0n) is 14.7. The molecule has 0 radical (unpaired) electrons. The van der Waals surface area contributed by atoms with Gasteiger partial charge in [-0.1, -0.05) is 12.1 Å². The smallest absolute Gasteiger partial charge is 0.265 e. The van der Waals surface area contributed by atoms with Gasteiger partial charge in [-0.05, 0) is 55.8 Å². The van der Waals surface area contributed by atoms with Gasteiger partial charge in [-0.15, -0.1) is 0 Å². The molecule has 1 fully saturated rings. The Hall–Kier alpha value is -2.53. The fourth-order valence-electron chi connectivity index (χ4n) is 2.77. The van der Waals surface area contributed by atoms with E-state index < -0.39 is 6.10 Å². The molecule has 25 heavy (non-hydrogen) atoms. The zero-order chi connectivity index (χ0) is 17.6. The lowest BCUT2D eigenvalue weighted by Gasteiger charge is -2.29. The van der Waals surface area contributed by atoms with Crippen molar-refractivity contribution < 1.29 is 14.3 Å². The van der Waals surface area contributed by atoms with Crippen LogP contribution in [0.15, 0.2) is 48.5 Å². The first kappa shape index (κ1) is 17.3. The molecule has 1 N–H and O–H groups in total. The summed E-state index contributed by atoms with van der Waals surface area (Å²) in [6.45, 7) is 7.05. The van der Waals surface area contributed by atoms with Gasteiger partial charge in [-0.25, -0.2) is 0 Å². The minimum Gasteiger partial charge on any atom is -0.481 e. The maximum Gasteiger partial charge on any atom is 0.265 e. The third-order valence-corrected chi connectivity index (χ3v) is 4.18. The Bertz CT molecular complexity index is 709. The number of nitrogens with zero attached hydrogens (tertiary/aromatic N) is 1. The Labute approximate surface area is 148 Å². The van der Waals surface area contributed by atoms with Crippen LogP contribution in [0.25, 0.3) is 0 Å². The lowest BCUT2D eigenvalue weighted by Crippen LogP contribution is -2.36. The molecule has 3 rings (SSSR count). The quantitative estimate of drug-likeness (QED) is 0.908. The normalized spacial score (nSPS) is 15.5. The summed E-state index contributed by atoms with van der Waals surface area (Å²) in [4.78, 5) is 14.6. The fraction of sp³-hybridized carbons (Fsp3) is 0.350.